The van der Waals surface area contributed by atoms with Gasteiger partial charge in [-0.2, -0.15) is 5.10 Å². The highest BCUT2D eigenvalue weighted by Gasteiger charge is 2.03. The maximum atomic E-state index is 5.63. The molecule has 0 radical (unpaired) electrons. The molecule has 0 saturated carbocycles. The van der Waals surface area contributed by atoms with Crippen LogP contribution in [0.2, 0.25) is 0 Å². The Kier molecular flexibility index (Phi) is 3.72. The van der Waals surface area contributed by atoms with E-state index < -0.39 is 0 Å². The van der Waals surface area contributed by atoms with Crippen molar-refractivity contribution in [1.29, 1.82) is 0 Å². The Labute approximate surface area is 100 Å². The van der Waals surface area contributed by atoms with Gasteiger partial charge in [-0.05, 0) is 17.7 Å². The molecule has 0 amide bonds. The van der Waals surface area contributed by atoms with Crippen LogP contribution in [0.3, 0.4) is 0 Å². The van der Waals surface area contributed by atoms with Crippen LogP contribution in [-0.2, 0) is 17.6 Å². The SMILES string of the molecule is COCCc1n[nH]c(Cc2ccc(N)cc2)n1. The van der Waals surface area contributed by atoms with Crippen molar-refractivity contribution in [3.8, 4) is 0 Å². The summed E-state index contributed by atoms with van der Waals surface area (Å²) in [7, 11) is 1.67. The first kappa shape index (κ1) is 11.6. The number of nitrogens with one attached hydrogen (secondary N) is 1. The predicted molar refractivity (Wildman–Crippen MR) is 65.6 cm³/mol. The molecule has 1 heterocycles. The molecule has 90 valence electrons. The minimum absolute atomic E-state index is 0.638. The third-order valence-corrected chi connectivity index (χ3v) is 2.46. The van der Waals surface area contributed by atoms with Crippen LogP contribution in [-0.4, -0.2) is 28.9 Å². The fourth-order valence-corrected chi connectivity index (χ4v) is 1.55. The average molecular weight is 232 g/mol. The number of methoxy groups -OCH3 is 1. The van der Waals surface area contributed by atoms with Gasteiger partial charge in [0.2, 0.25) is 0 Å². The van der Waals surface area contributed by atoms with E-state index in [1.165, 1.54) is 0 Å². The van der Waals surface area contributed by atoms with Crippen molar-refractivity contribution in [3.05, 3.63) is 41.5 Å². The normalized spacial score (nSPS) is 10.6. The first-order chi connectivity index (χ1) is 8.28. The van der Waals surface area contributed by atoms with Gasteiger partial charge in [0, 0.05) is 25.6 Å². The summed E-state index contributed by atoms with van der Waals surface area (Å²) >= 11 is 0. The molecule has 0 spiro atoms. The highest BCUT2D eigenvalue weighted by atomic mass is 16.5. The van der Waals surface area contributed by atoms with Gasteiger partial charge in [-0.1, -0.05) is 12.1 Å². The second-order valence-corrected chi connectivity index (χ2v) is 3.86. The van der Waals surface area contributed by atoms with Crippen molar-refractivity contribution in [1.82, 2.24) is 15.2 Å². The molecule has 1 aromatic heterocycles. The van der Waals surface area contributed by atoms with Gasteiger partial charge in [-0.3, -0.25) is 5.10 Å². The Balaban J connectivity index is 1.98. The number of nitrogens with zero attached hydrogens (tertiary/aromatic N) is 2. The summed E-state index contributed by atoms with van der Waals surface area (Å²) in [6.07, 6.45) is 1.47. The Bertz CT molecular complexity index is 464. The Hall–Kier alpha value is -1.88. The number of benzene rings is 1. The summed E-state index contributed by atoms with van der Waals surface area (Å²) in [5.74, 6) is 1.65. The van der Waals surface area contributed by atoms with E-state index in [0.717, 1.165) is 35.7 Å². The van der Waals surface area contributed by atoms with Gasteiger partial charge in [-0.15, -0.1) is 0 Å². The molecule has 5 nitrogen and oxygen atoms in total. The van der Waals surface area contributed by atoms with Crippen LogP contribution in [0.4, 0.5) is 5.69 Å². The average Bonchev–Trinajstić information content (AvgIpc) is 2.77. The molecule has 2 rings (SSSR count). The van der Waals surface area contributed by atoms with Gasteiger partial charge in [0.15, 0.2) is 5.82 Å². The number of H-pyrrole nitrogens is 1. The molecule has 0 atom stereocenters. The molecule has 17 heavy (non-hydrogen) atoms. The van der Waals surface area contributed by atoms with E-state index in [0.29, 0.717) is 6.61 Å². The monoisotopic (exact) mass is 232 g/mol. The summed E-state index contributed by atoms with van der Waals surface area (Å²) in [4.78, 5) is 4.39. The number of hydrogen-bond donors (Lipinski definition) is 2. The van der Waals surface area contributed by atoms with Gasteiger partial charge in [0.05, 0.1) is 6.61 Å². The van der Waals surface area contributed by atoms with Gasteiger partial charge in [-0.25, -0.2) is 4.98 Å². The van der Waals surface area contributed by atoms with Crippen LogP contribution in [0.25, 0.3) is 0 Å². The molecule has 1 aromatic carbocycles. The fraction of sp³-hybridized carbons (Fsp3) is 0.333. The van der Waals surface area contributed by atoms with Crippen LogP contribution >= 0.6 is 0 Å². The van der Waals surface area contributed by atoms with E-state index in [1.54, 1.807) is 7.11 Å². The smallest absolute Gasteiger partial charge is 0.153 e. The van der Waals surface area contributed by atoms with Crippen LogP contribution in [0, 0.1) is 0 Å². The van der Waals surface area contributed by atoms with Crippen molar-refractivity contribution in [2.24, 2.45) is 0 Å². The van der Waals surface area contributed by atoms with Crippen molar-refractivity contribution in [2.75, 3.05) is 19.5 Å². The van der Waals surface area contributed by atoms with E-state index in [1.807, 2.05) is 24.3 Å². The highest BCUT2D eigenvalue weighted by molar-refractivity contribution is 5.39. The molecule has 0 aliphatic heterocycles. The van der Waals surface area contributed by atoms with Gasteiger partial charge < -0.3 is 10.5 Å². The molecule has 2 aromatic rings. The summed E-state index contributed by atoms with van der Waals surface area (Å²) in [6, 6.07) is 7.76. The number of hydrogen-bond acceptors (Lipinski definition) is 4. The second-order valence-electron chi connectivity index (χ2n) is 3.86. The van der Waals surface area contributed by atoms with Crippen LogP contribution in [0.1, 0.15) is 17.2 Å². The molecule has 0 aliphatic carbocycles. The number of anilines is 1. The standard InChI is InChI=1S/C12H16N4O/c1-17-7-6-11-14-12(16-15-11)8-9-2-4-10(13)5-3-9/h2-5H,6-8,13H2,1H3,(H,14,15,16). The van der Waals surface area contributed by atoms with E-state index in [9.17, 15) is 0 Å². The van der Waals surface area contributed by atoms with Crippen molar-refractivity contribution in [3.63, 3.8) is 0 Å². The Morgan fingerprint density at radius 2 is 2.06 bits per heavy atom. The number of aromatic nitrogens is 3. The molecule has 0 aliphatic rings. The maximum Gasteiger partial charge on any atom is 0.153 e. The van der Waals surface area contributed by atoms with Crippen LogP contribution < -0.4 is 5.73 Å². The third kappa shape index (κ3) is 3.29. The zero-order valence-electron chi connectivity index (χ0n) is 9.81. The van der Waals surface area contributed by atoms with Crippen molar-refractivity contribution < 1.29 is 4.74 Å². The lowest BCUT2D eigenvalue weighted by molar-refractivity contribution is 0.200. The third-order valence-electron chi connectivity index (χ3n) is 2.46. The quantitative estimate of drug-likeness (QED) is 0.758. The zero-order valence-corrected chi connectivity index (χ0v) is 9.81. The molecular formula is C12H16N4O. The fourth-order valence-electron chi connectivity index (χ4n) is 1.55. The maximum absolute atomic E-state index is 5.63. The summed E-state index contributed by atoms with van der Waals surface area (Å²) in [5.41, 5.74) is 7.56. The second kappa shape index (κ2) is 5.45. The first-order valence-corrected chi connectivity index (χ1v) is 5.51. The van der Waals surface area contributed by atoms with Crippen molar-refractivity contribution in [2.45, 2.75) is 12.8 Å². The molecule has 0 saturated heterocycles. The Morgan fingerprint density at radius 1 is 1.29 bits per heavy atom. The van der Waals surface area contributed by atoms with Gasteiger partial charge in [0.25, 0.3) is 0 Å². The highest BCUT2D eigenvalue weighted by Crippen LogP contribution is 2.09. The number of nitrogens with two attached hydrogens (primary N) is 1. The molecular weight excluding hydrogens is 216 g/mol. The first-order valence-electron chi connectivity index (χ1n) is 5.51. The van der Waals surface area contributed by atoms with Crippen molar-refractivity contribution >= 4 is 5.69 Å². The minimum atomic E-state index is 0.638. The van der Waals surface area contributed by atoms with E-state index in [4.69, 9.17) is 10.5 Å². The lowest BCUT2D eigenvalue weighted by Crippen LogP contribution is -1.96. The number of aromatic amines is 1. The van der Waals surface area contributed by atoms with Gasteiger partial charge >= 0.3 is 0 Å². The lowest BCUT2D eigenvalue weighted by Gasteiger charge is -1.98. The lowest BCUT2D eigenvalue weighted by atomic mass is 10.1. The van der Waals surface area contributed by atoms with Crippen LogP contribution in [0.5, 0.6) is 0 Å². The number of nitrogen functional groups attached to an aromatic ring is 1. The van der Waals surface area contributed by atoms with Gasteiger partial charge in [0.1, 0.15) is 5.82 Å². The summed E-state index contributed by atoms with van der Waals surface area (Å²) in [6.45, 7) is 0.638. The summed E-state index contributed by atoms with van der Waals surface area (Å²) < 4.78 is 4.98. The molecule has 5 heteroatoms. The predicted octanol–water partition coefficient (Wildman–Crippen LogP) is 1.17. The number of rotatable bonds is 5. The number of ether oxygens (including phenoxy) is 1. The molecule has 0 bridgehead atoms. The van der Waals surface area contributed by atoms with Crippen LogP contribution in [0.15, 0.2) is 24.3 Å². The van der Waals surface area contributed by atoms with E-state index in [-0.39, 0.29) is 0 Å². The van der Waals surface area contributed by atoms with E-state index in [2.05, 4.69) is 15.2 Å². The van der Waals surface area contributed by atoms with E-state index >= 15 is 0 Å². The summed E-state index contributed by atoms with van der Waals surface area (Å²) in [5, 5.41) is 7.06. The zero-order chi connectivity index (χ0) is 12.1. The topological polar surface area (TPSA) is 76.8 Å². The molecule has 0 fully saturated rings. The molecule has 3 N–H and O–H groups in total. The Morgan fingerprint density at radius 3 is 2.76 bits per heavy atom. The molecule has 0 unspecified atom stereocenters. The minimum Gasteiger partial charge on any atom is -0.399 e. The largest absolute Gasteiger partial charge is 0.399 e.